The highest BCUT2D eigenvalue weighted by molar-refractivity contribution is 9.10. The van der Waals surface area contributed by atoms with Crippen molar-refractivity contribution in [2.45, 2.75) is 19.5 Å². The normalized spacial score (nSPS) is 21.3. The van der Waals surface area contributed by atoms with Crippen LogP contribution in [-0.2, 0) is 6.54 Å². The van der Waals surface area contributed by atoms with E-state index in [1.54, 1.807) is 0 Å². The molecule has 0 radical (unpaired) electrons. The van der Waals surface area contributed by atoms with Gasteiger partial charge in [0.25, 0.3) is 0 Å². The minimum Gasteiger partial charge on any atom is -0.366 e. The highest BCUT2D eigenvalue weighted by atomic mass is 79.9. The zero-order valence-corrected chi connectivity index (χ0v) is 13.0. The van der Waals surface area contributed by atoms with Crippen LogP contribution in [-0.4, -0.2) is 44.7 Å². The summed E-state index contributed by atoms with van der Waals surface area (Å²) in [6, 6.07) is 7.16. The summed E-state index contributed by atoms with van der Waals surface area (Å²) < 4.78 is 1.15. The molecule has 0 spiro atoms. The third kappa shape index (κ3) is 3.05. The van der Waals surface area contributed by atoms with E-state index in [0.717, 1.165) is 30.7 Å². The Morgan fingerprint density at radius 2 is 2.17 bits per heavy atom. The van der Waals surface area contributed by atoms with Crippen molar-refractivity contribution in [3.63, 3.8) is 0 Å². The fourth-order valence-electron chi connectivity index (χ4n) is 2.66. The molecule has 1 N–H and O–H groups in total. The molecule has 1 unspecified atom stereocenters. The number of halogens is 1. The molecule has 1 aromatic rings. The van der Waals surface area contributed by atoms with Gasteiger partial charge in [0.1, 0.15) is 0 Å². The van der Waals surface area contributed by atoms with E-state index in [1.165, 1.54) is 11.3 Å². The van der Waals surface area contributed by atoms with Crippen molar-refractivity contribution in [2.75, 3.05) is 38.6 Å². The Balaban J connectivity index is 2.26. The predicted molar refractivity (Wildman–Crippen MR) is 81.2 cm³/mol. The van der Waals surface area contributed by atoms with E-state index < -0.39 is 0 Å². The van der Waals surface area contributed by atoms with Gasteiger partial charge in [-0.1, -0.05) is 15.9 Å². The number of rotatable bonds is 3. The average Bonchev–Trinajstić information content (AvgIpc) is 2.31. The molecule has 1 heterocycles. The van der Waals surface area contributed by atoms with Crippen LogP contribution < -0.4 is 10.2 Å². The zero-order valence-electron chi connectivity index (χ0n) is 11.4. The van der Waals surface area contributed by atoms with E-state index in [-0.39, 0.29) is 0 Å². The largest absolute Gasteiger partial charge is 0.366 e. The van der Waals surface area contributed by atoms with Gasteiger partial charge in [0.2, 0.25) is 0 Å². The van der Waals surface area contributed by atoms with Crippen LogP contribution in [0.1, 0.15) is 12.5 Å². The fraction of sp³-hybridized carbons (Fsp3) is 0.571. The number of likely N-dealkylation sites (N-methyl/N-ethyl adjacent to an activating group) is 1. The van der Waals surface area contributed by atoms with E-state index in [9.17, 15) is 0 Å². The van der Waals surface area contributed by atoms with Crippen LogP contribution >= 0.6 is 15.9 Å². The van der Waals surface area contributed by atoms with Gasteiger partial charge in [-0.3, -0.25) is 0 Å². The number of hydrogen-bond donors (Lipinski definition) is 1. The van der Waals surface area contributed by atoms with Gasteiger partial charge < -0.3 is 15.1 Å². The Bertz CT molecular complexity index is 408. The van der Waals surface area contributed by atoms with Crippen LogP contribution in [0, 0.1) is 0 Å². The number of piperazine rings is 1. The minimum atomic E-state index is 0.570. The van der Waals surface area contributed by atoms with Gasteiger partial charge in [-0.25, -0.2) is 0 Å². The van der Waals surface area contributed by atoms with Gasteiger partial charge in [0, 0.05) is 42.4 Å². The first kappa shape index (κ1) is 13.8. The number of hydrogen-bond acceptors (Lipinski definition) is 3. The Labute approximate surface area is 118 Å². The van der Waals surface area contributed by atoms with Crippen molar-refractivity contribution >= 4 is 21.6 Å². The number of nitrogens with one attached hydrogen (secondary N) is 1. The summed E-state index contributed by atoms with van der Waals surface area (Å²) in [5, 5.41) is 3.26. The number of nitrogens with zero attached hydrogens (tertiary/aromatic N) is 2. The Morgan fingerprint density at radius 1 is 1.39 bits per heavy atom. The van der Waals surface area contributed by atoms with E-state index >= 15 is 0 Å². The van der Waals surface area contributed by atoms with Crippen LogP contribution in [0.4, 0.5) is 5.69 Å². The summed E-state index contributed by atoms with van der Waals surface area (Å²) >= 11 is 3.56. The standard InChI is InChI=1S/C14H22BrN3/c1-11-10-17(3)6-7-18(11)14-5-4-13(15)8-12(14)9-16-2/h4-5,8,11,16H,6-7,9-10H2,1-3H3. The molecule has 1 aliphatic heterocycles. The van der Waals surface area contributed by atoms with Crippen molar-refractivity contribution in [2.24, 2.45) is 0 Å². The van der Waals surface area contributed by atoms with Gasteiger partial charge in [0.05, 0.1) is 0 Å². The lowest BCUT2D eigenvalue weighted by atomic mass is 10.1. The first-order chi connectivity index (χ1) is 8.61. The molecule has 3 nitrogen and oxygen atoms in total. The molecule has 0 bridgehead atoms. The van der Waals surface area contributed by atoms with Crippen molar-refractivity contribution in [1.82, 2.24) is 10.2 Å². The molecule has 2 rings (SSSR count). The Hall–Kier alpha value is -0.580. The maximum absolute atomic E-state index is 3.56. The fourth-order valence-corrected chi connectivity index (χ4v) is 3.07. The summed E-state index contributed by atoms with van der Waals surface area (Å²) in [5.41, 5.74) is 2.73. The second kappa shape index (κ2) is 6.04. The molecule has 1 fully saturated rings. The van der Waals surface area contributed by atoms with E-state index in [1.807, 2.05) is 7.05 Å². The summed E-state index contributed by atoms with van der Waals surface area (Å²) in [6.45, 7) is 6.60. The van der Waals surface area contributed by atoms with Crippen molar-refractivity contribution in [3.05, 3.63) is 28.2 Å². The molecule has 0 amide bonds. The average molecular weight is 312 g/mol. The molecule has 100 valence electrons. The Morgan fingerprint density at radius 3 is 2.83 bits per heavy atom. The molecule has 0 saturated carbocycles. The van der Waals surface area contributed by atoms with E-state index in [4.69, 9.17) is 0 Å². The lowest BCUT2D eigenvalue weighted by Gasteiger charge is -2.40. The number of benzene rings is 1. The quantitative estimate of drug-likeness (QED) is 0.924. The van der Waals surface area contributed by atoms with E-state index in [2.05, 4.69) is 63.2 Å². The van der Waals surface area contributed by atoms with Gasteiger partial charge in [-0.05, 0) is 44.8 Å². The molecular weight excluding hydrogens is 290 g/mol. The van der Waals surface area contributed by atoms with E-state index in [0.29, 0.717) is 6.04 Å². The molecule has 1 atom stereocenters. The van der Waals surface area contributed by atoms with Gasteiger partial charge in [0.15, 0.2) is 0 Å². The van der Waals surface area contributed by atoms with Crippen molar-refractivity contribution < 1.29 is 0 Å². The highest BCUT2D eigenvalue weighted by Gasteiger charge is 2.23. The molecule has 18 heavy (non-hydrogen) atoms. The lowest BCUT2D eigenvalue weighted by molar-refractivity contribution is 0.275. The molecule has 0 aromatic heterocycles. The van der Waals surface area contributed by atoms with Gasteiger partial charge >= 0.3 is 0 Å². The monoisotopic (exact) mass is 311 g/mol. The Kier molecular flexibility index (Phi) is 4.65. The maximum atomic E-state index is 3.56. The summed E-state index contributed by atoms with van der Waals surface area (Å²) in [6.07, 6.45) is 0. The molecule has 1 saturated heterocycles. The molecule has 0 aliphatic carbocycles. The topological polar surface area (TPSA) is 18.5 Å². The molecule has 1 aromatic carbocycles. The first-order valence-electron chi connectivity index (χ1n) is 6.50. The van der Waals surface area contributed by atoms with Crippen LogP contribution in [0.25, 0.3) is 0 Å². The summed E-state index contributed by atoms with van der Waals surface area (Å²) in [4.78, 5) is 4.93. The van der Waals surface area contributed by atoms with Crippen LogP contribution in [0.15, 0.2) is 22.7 Å². The second-order valence-electron chi connectivity index (χ2n) is 5.11. The number of anilines is 1. The van der Waals surface area contributed by atoms with Crippen LogP contribution in [0.3, 0.4) is 0 Å². The maximum Gasteiger partial charge on any atom is 0.0415 e. The zero-order chi connectivity index (χ0) is 13.1. The van der Waals surface area contributed by atoms with Crippen molar-refractivity contribution in [3.8, 4) is 0 Å². The third-order valence-corrected chi connectivity index (χ3v) is 4.04. The summed E-state index contributed by atoms with van der Waals surface area (Å²) in [5.74, 6) is 0. The first-order valence-corrected chi connectivity index (χ1v) is 7.29. The summed E-state index contributed by atoms with van der Waals surface area (Å²) in [7, 11) is 4.20. The SMILES string of the molecule is CNCc1cc(Br)ccc1N1CCN(C)CC1C. The highest BCUT2D eigenvalue weighted by Crippen LogP contribution is 2.27. The predicted octanol–water partition coefficient (Wildman–Crippen LogP) is 2.31. The third-order valence-electron chi connectivity index (χ3n) is 3.55. The molecular formula is C14H22BrN3. The van der Waals surface area contributed by atoms with Crippen LogP contribution in [0.2, 0.25) is 0 Å². The van der Waals surface area contributed by atoms with Gasteiger partial charge in [-0.2, -0.15) is 0 Å². The lowest BCUT2D eigenvalue weighted by Crippen LogP contribution is -2.50. The van der Waals surface area contributed by atoms with Gasteiger partial charge in [-0.15, -0.1) is 0 Å². The van der Waals surface area contributed by atoms with Crippen molar-refractivity contribution in [1.29, 1.82) is 0 Å². The molecule has 4 heteroatoms. The molecule has 1 aliphatic rings. The second-order valence-corrected chi connectivity index (χ2v) is 6.02. The van der Waals surface area contributed by atoms with Crippen LogP contribution in [0.5, 0.6) is 0 Å². The smallest absolute Gasteiger partial charge is 0.0415 e. The minimum absolute atomic E-state index is 0.570.